The fourth-order valence-electron chi connectivity index (χ4n) is 3.31. The maximum absolute atomic E-state index is 13.2. The van der Waals surface area contributed by atoms with E-state index >= 15 is 0 Å². The molecule has 0 heterocycles. The Labute approximate surface area is 214 Å². The highest BCUT2D eigenvalue weighted by Crippen LogP contribution is 2.34. The van der Waals surface area contributed by atoms with Crippen LogP contribution < -0.4 is 19.5 Å². The Morgan fingerprint density at radius 3 is 1.92 bits per heavy atom. The summed E-state index contributed by atoms with van der Waals surface area (Å²) in [6, 6.07) is 26.4. The third-order valence-electron chi connectivity index (χ3n) is 5.06. The number of hydrogen-bond donors (Lipinski definition) is 0. The second-order valence-electron chi connectivity index (χ2n) is 7.44. The summed E-state index contributed by atoms with van der Waals surface area (Å²) in [7, 11) is 1.00. The molecule has 4 aromatic rings. The van der Waals surface area contributed by atoms with Crippen molar-refractivity contribution in [2.45, 2.75) is 0 Å². The second-order valence-corrected chi connectivity index (χ2v) is 9.09. The van der Waals surface area contributed by atoms with E-state index in [2.05, 4.69) is 0 Å². The van der Waals surface area contributed by atoms with Gasteiger partial charge in [-0.3, -0.25) is 4.79 Å². The third kappa shape index (κ3) is 5.98. The van der Waals surface area contributed by atoms with Crippen LogP contribution in [0.15, 0.2) is 97.1 Å². The summed E-state index contributed by atoms with van der Waals surface area (Å²) in [6.45, 7) is 0. The molecule has 0 radical (unpaired) electrons. The summed E-state index contributed by atoms with van der Waals surface area (Å²) in [4.78, 5) is 38.5. The van der Waals surface area contributed by atoms with E-state index < -0.39 is 20.5 Å². The van der Waals surface area contributed by atoms with Crippen LogP contribution >= 0.6 is 20.2 Å². The number of halogens is 1. The van der Waals surface area contributed by atoms with E-state index in [4.69, 9.17) is 25.8 Å². The maximum atomic E-state index is 13.2. The molecule has 0 bridgehead atoms. The van der Waals surface area contributed by atoms with Crippen LogP contribution in [-0.2, 0) is 0 Å². The number of ether oxygens (including phenoxy) is 3. The molecule has 0 fully saturated rings. The van der Waals surface area contributed by atoms with Gasteiger partial charge in [0.25, 0.3) is 0 Å². The van der Waals surface area contributed by atoms with Crippen molar-refractivity contribution in [1.82, 2.24) is 0 Å². The van der Waals surface area contributed by atoms with E-state index in [1.54, 1.807) is 91.0 Å². The minimum atomic E-state index is -0.615. The summed E-state index contributed by atoms with van der Waals surface area (Å²) in [5.41, 5.74) is 0.633. The van der Waals surface area contributed by atoms with E-state index in [1.807, 2.05) is 0 Å². The van der Waals surface area contributed by atoms with Gasteiger partial charge >= 0.3 is 11.9 Å². The lowest BCUT2D eigenvalue weighted by atomic mass is 10.2. The number of esters is 2. The van der Waals surface area contributed by atoms with Crippen LogP contribution in [0.5, 0.6) is 17.2 Å². The Hall–Kier alpha value is -3.99. The molecular formula is C28H20ClO6P. The number of methoxy groups -OCH3 is 1. The van der Waals surface area contributed by atoms with Gasteiger partial charge in [-0.25, -0.2) is 9.59 Å². The van der Waals surface area contributed by atoms with Gasteiger partial charge in [0.05, 0.1) is 28.8 Å². The number of rotatable bonds is 8. The molecule has 0 aliphatic heterocycles. The summed E-state index contributed by atoms with van der Waals surface area (Å²) in [5, 5.41) is 0.689. The lowest BCUT2D eigenvalue weighted by Crippen LogP contribution is -2.15. The van der Waals surface area contributed by atoms with Crippen LogP contribution in [0.1, 0.15) is 31.1 Å². The van der Waals surface area contributed by atoms with Gasteiger partial charge in [-0.15, -0.1) is 0 Å². The molecule has 180 valence electrons. The van der Waals surface area contributed by atoms with Crippen LogP contribution in [0.25, 0.3) is 0 Å². The first kappa shape index (κ1) is 25.1. The molecule has 0 aliphatic rings. The van der Waals surface area contributed by atoms with Crippen molar-refractivity contribution in [2.75, 3.05) is 7.11 Å². The fraction of sp³-hybridized carbons (Fsp3) is 0.0357. The summed E-state index contributed by atoms with van der Waals surface area (Å²) >= 11 is 6.27. The van der Waals surface area contributed by atoms with E-state index in [1.165, 1.54) is 13.2 Å². The normalized spacial score (nSPS) is 10.7. The summed E-state index contributed by atoms with van der Waals surface area (Å²) in [5.74, 6) is -0.578. The predicted molar refractivity (Wildman–Crippen MR) is 140 cm³/mol. The maximum Gasteiger partial charge on any atom is 0.343 e. The molecule has 1 atom stereocenters. The second kappa shape index (κ2) is 11.6. The first-order valence-corrected chi connectivity index (χ1v) is 12.2. The van der Waals surface area contributed by atoms with Gasteiger partial charge in [-0.1, -0.05) is 54.1 Å². The van der Waals surface area contributed by atoms with Crippen molar-refractivity contribution in [1.29, 1.82) is 0 Å². The van der Waals surface area contributed by atoms with Crippen molar-refractivity contribution in [3.8, 4) is 17.2 Å². The molecular weight excluding hydrogens is 499 g/mol. The molecule has 0 spiro atoms. The topological polar surface area (TPSA) is 78.9 Å². The molecule has 1 unspecified atom stereocenters. The Morgan fingerprint density at radius 1 is 0.694 bits per heavy atom. The highest BCUT2D eigenvalue weighted by molar-refractivity contribution is 7.66. The van der Waals surface area contributed by atoms with Gasteiger partial charge in [0.2, 0.25) is 0 Å². The zero-order valence-corrected chi connectivity index (χ0v) is 20.8. The van der Waals surface area contributed by atoms with Crippen LogP contribution in [0, 0.1) is 0 Å². The largest absolute Gasteiger partial charge is 0.496 e. The molecule has 0 aromatic heterocycles. The molecule has 0 amide bonds. The van der Waals surface area contributed by atoms with Crippen molar-refractivity contribution in [3.63, 3.8) is 0 Å². The number of benzene rings is 4. The molecule has 0 saturated heterocycles. The lowest BCUT2D eigenvalue weighted by molar-refractivity contribution is 0.0733. The van der Waals surface area contributed by atoms with Crippen molar-refractivity contribution in [2.24, 2.45) is 0 Å². The van der Waals surface area contributed by atoms with Gasteiger partial charge in [0, 0.05) is 11.4 Å². The smallest absolute Gasteiger partial charge is 0.343 e. The Balaban J connectivity index is 1.65. The third-order valence-corrected chi connectivity index (χ3v) is 6.53. The fourth-order valence-corrected chi connectivity index (χ4v) is 4.68. The van der Waals surface area contributed by atoms with E-state index in [0.29, 0.717) is 22.2 Å². The van der Waals surface area contributed by atoms with Crippen LogP contribution in [-0.4, -0.2) is 24.6 Å². The van der Waals surface area contributed by atoms with Gasteiger partial charge in [-0.2, -0.15) is 0 Å². The molecule has 6 nitrogen and oxygen atoms in total. The first-order valence-electron chi connectivity index (χ1n) is 10.8. The monoisotopic (exact) mass is 518 g/mol. The van der Waals surface area contributed by atoms with Crippen molar-refractivity contribution < 1.29 is 28.6 Å². The molecule has 0 saturated carbocycles. The van der Waals surface area contributed by atoms with E-state index in [-0.39, 0.29) is 27.6 Å². The number of hydrogen-bond acceptors (Lipinski definition) is 6. The molecule has 0 N–H and O–H groups in total. The Bertz CT molecular complexity index is 1410. The van der Waals surface area contributed by atoms with E-state index in [9.17, 15) is 14.4 Å². The van der Waals surface area contributed by atoms with Gasteiger partial charge < -0.3 is 14.2 Å². The van der Waals surface area contributed by atoms with Crippen molar-refractivity contribution >= 4 is 42.9 Å². The van der Waals surface area contributed by atoms with Gasteiger partial charge in [0.15, 0.2) is 5.52 Å². The van der Waals surface area contributed by atoms with Crippen LogP contribution in [0.2, 0.25) is 5.02 Å². The first-order chi connectivity index (χ1) is 17.5. The summed E-state index contributed by atoms with van der Waals surface area (Å²) in [6.07, 6.45) is 0. The zero-order valence-electron chi connectivity index (χ0n) is 19.1. The number of carbonyl (C=O) groups excluding carboxylic acids is 3. The molecule has 36 heavy (non-hydrogen) atoms. The minimum absolute atomic E-state index is 0.0971. The predicted octanol–water partition coefficient (Wildman–Crippen LogP) is 5.93. The highest BCUT2D eigenvalue weighted by Gasteiger charge is 2.21. The standard InChI is InChI=1S/C28H20ClO6P/c1-33-22-14-8-13-21(29)25(22)28(32)36-24-16-15-20(34-26(30)18-9-4-2-5-10-18)17-23(24)35-27(31)19-11-6-3-7-12-19/h2-17,36H,1H3. The molecule has 4 rings (SSSR count). The minimum Gasteiger partial charge on any atom is -0.496 e. The SMILES string of the molecule is COc1cccc(Cl)c1C(=O)Pc1ccc(OC(=O)c2ccccc2)cc1OC(=O)c1ccccc1. The highest BCUT2D eigenvalue weighted by atomic mass is 35.5. The average molecular weight is 519 g/mol. The van der Waals surface area contributed by atoms with E-state index in [0.717, 1.165) is 0 Å². The Kier molecular flexibility index (Phi) is 8.11. The number of carbonyl (C=O) groups is 3. The summed E-state index contributed by atoms with van der Waals surface area (Å²) < 4.78 is 16.4. The quantitative estimate of drug-likeness (QED) is 0.163. The van der Waals surface area contributed by atoms with Gasteiger partial charge in [-0.05, 0) is 57.1 Å². The molecule has 4 aromatic carbocycles. The van der Waals surface area contributed by atoms with Gasteiger partial charge in [0.1, 0.15) is 17.2 Å². The molecule has 0 aliphatic carbocycles. The average Bonchev–Trinajstić information content (AvgIpc) is 2.90. The Morgan fingerprint density at radius 2 is 1.31 bits per heavy atom. The lowest BCUT2D eigenvalue weighted by Gasteiger charge is -2.14. The molecule has 8 heteroatoms. The van der Waals surface area contributed by atoms with Crippen molar-refractivity contribution in [3.05, 3.63) is 119 Å². The zero-order chi connectivity index (χ0) is 25.5. The van der Waals surface area contributed by atoms with Crippen LogP contribution in [0.3, 0.4) is 0 Å². The van der Waals surface area contributed by atoms with Crippen LogP contribution in [0.4, 0.5) is 0 Å².